The van der Waals surface area contributed by atoms with Crippen molar-refractivity contribution in [2.45, 2.75) is 268 Å². The normalized spacial score (nSPS) is 52.5. The molecule has 85 heavy (non-hydrogen) atoms. The molecule has 0 amide bonds. The van der Waals surface area contributed by atoms with Crippen LogP contribution in [0.3, 0.4) is 0 Å². The lowest BCUT2D eigenvalue weighted by Gasteiger charge is -2.73. The fourth-order valence-corrected chi connectivity index (χ4v) is 17.4. The van der Waals surface area contributed by atoms with Gasteiger partial charge in [-0.2, -0.15) is 0 Å². The third-order valence-electron chi connectivity index (χ3n) is 22.8. The number of aliphatic carboxylic acids is 1. The first-order valence-electron chi connectivity index (χ1n) is 30.4. The van der Waals surface area contributed by atoms with Gasteiger partial charge in [-0.15, -0.1) is 0 Å². The summed E-state index contributed by atoms with van der Waals surface area (Å²) in [5, 5.41) is 168. The summed E-state index contributed by atoms with van der Waals surface area (Å²) in [6, 6.07) is 0. The van der Waals surface area contributed by atoms with E-state index in [1.54, 1.807) is 6.92 Å². The van der Waals surface area contributed by atoms with Crippen LogP contribution in [-0.4, -0.2) is 256 Å². The van der Waals surface area contributed by atoms with Crippen LogP contribution in [0.2, 0.25) is 0 Å². The minimum Gasteiger partial charge on any atom is -0.479 e. The van der Waals surface area contributed by atoms with E-state index in [2.05, 4.69) is 33.8 Å². The second-order valence-electron chi connectivity index (χ2n) is 28.3. The molecule has 0 aromatic heterocycles. The number of allylic oxidation sites excluding steroid dienone is 1. The maximum atomic E-state index is 13.9. The molecular weight excluding hydrogens is 1120 g/mol. The predicted molar refractivity (Wildman–Crippen MR) is 289 cm³/mol. The van der Waals surface area contributed by atoms with Crippen LogP contribution in [0, 0.1) is 56.2 Å². The van der Waals surface area contributed by atoms with E-state index in [0.717, 1.165) is 5.57 Å². The van der Waals surface area contributed by atoms with E-state index in [1.807, 2.05) is 27.7 Å². The summed E-state index contributed by atoms with van der Waals surface area (Å²) in [6.45, 7) is 17.2. The van der Waals surface area contributed by atoms with Crippen LogP contribution in [0.4, 0.5) is 0 Å². The van der Waals surface area contributed by atoms with Crippen LogP contribution in [0.5, 0.6) is 0 Å². The van der Waals surface area contributed by atoms with Crippen molar-refractivity contribution in [3.63, 3.8) is 0 Å². The van der Waals surface area contributed by atoms with Crippen LogP contribution in [0.1, 0.15) is 121 Å². The Morgan fingerprint density at radius 3 is 1.80 bits per heavy atom. The number of hydrogen-bond donors (Lipinski definition) is 15. The zero-order chi connectivity index (χ0) is 62.7. The fraction of sp³-hybridized carbons (Fsp3) is 0.932. The number of ether oxygens (including phenoxy) is 9. The molecule has 26 heteroatoms. The molecule has 4 heterocycles. The van der Waals surface area contributed by atoms with E-state index < -0.39 is 218 Å². The molecule has 32 atom stereocenters. The smallest absolute Gasteiger partial charge is 0.335 e. The van der Waals surface area contributed by atoms with Crippen LogP contribution < -0.4 is 0 Å². The number of fused-ring (bicyclic) bond motifs is 7. The van der Waals surface area contributed by atoms with Crippen molar-refractivity contribution in [3.8, 4) is 0 Å². The summed E-state index contributed by atoms with van der Waals surface area (Å²) in [5.74, 6) is -3.54. The summed E-state index contributed by atoms with van der Waals surface area (Å²) in [5.41, 5.74) is -3.90. The lowest BCUT2D eigenvalue weighted by atomic mass is 9.32. The number of carbonyl (C=O) groups excluding carboxylic acids is 1. The van der Waals surface area contributed by atoms with Crippen molar-refractivity contribution in [3.05, 3.63) is 11.6 Å². The van der Waals surface area contributed by atoms with E-state index >= 15 is 0 Å². The second kappa shape index (κ2) is 24.4. The first kappa shape index (κ1) is 67.2. The number of aliphatic hydroxyl groups excluding tert-OH is 14. The average molecular weight is 1220 g/mol. The molecule has 15 N–H and O–H groups in total. The molecule has 488 valence electrons. The van der Waals surface area contributed by atoms with Gasteiger partial charge in [-0.1, -0.05) is 74.0 Å². The summed E-state index contributed by atoms with van der Waals surface area (Å²) >= 11 is 0. The van der Waals surface area contributed by atoms with Gasteiger partial charge in [0, 0.05) is 5.41 Å². The molecule has 5 aliphatic carbocycles. The highest BCUT2D eigenvalue weighted by atomic mass is 16.8. The standard InChI is InChI=1S/C59H96O26/c1-11-23(2)49(76)85-47-46(73)58(10)25(26-18-54(4,5)19-31(63)59(26,47)22-62)12-13-30-56(8)16-15-32(55(6,7)29(56)14-17-57(30,58)9)80-53-45(84-51-40(71)37(68)34(65)27(20-60)78-51)42(41(72)43(82-53)48(74)75)81-52-44(38(69)35(66)28(21-61)79-52)83-50-39(70)36(67)33(64)24(3)77-50/h12,23-24,26-47,50-53,60-73H,11,13-22H2,1-10H3,(H,74,75). The summed E-state index contributed by atoms with van der Waals surface area (Å²) in [6.07, 6.45) is -36.7. The Hall–Kier alpha value is -2.20. The van der Waals surface area contributed by atoms with Gasteiger partial charge in [0.05, 0.1) is 49.5 Å². The summed E-state index contributed by atoms with van der Waals surface area (Å²) in [4.78, 5) is 27.1. The lowest BCUT2D eigenvalue weighted by molar-refractivity contribution is -0.406. The van der Waals surface area contributed by atoms with E-state index in [4.69, 9.17) is 42.6 Å². The van der Waals surface area contributed by atoms with Gasteiger partial charge in [0.2, 0.25) is 0 Å². The van der Waals surface area contributed by atoms with Crippen LogP contribution in [0.15, 0.2) is 11.6 Å². The number of esters is 1. The Bertz CT molecular complexity index is 2390. The third kappa shape index (κ3) is 10.9. The largest absolute Gasteiger partial charge is 0.479 e. The first-order valence-corrected chi connectivity index (χ1v) is 30.4. The molecule has 0 aromatic carbocycles. The predicted octanol–water partition coefficient (Wildman–Crippen LogP) is -1.93. The Kier molecular flexibility index (Phi) is 19.3. The van der Waals surface area contributed by atoms with Gasteiger partial charge >= 0.3 is 11.9 Å². The molecule has 4 saturated carbocycles. The van der Waals surface area contributed by atoms with Gasteiger partial charge in [-0.25, -0.2) is 4.79 Å². The topological polar surface area (TPSA) is 421 Å². The lowest BCUT2D eigenvalue weighted by Crippen LogP contribution is -2.74. The van der Waals surface area contributed by atoms with Crippen LogP contribution >= 0.6 is 0 Å². The average Bonchev–Trinajstić information content (AvgIpc) is 0.696. The molecule has 9 aliphatic rings. The second-order valence-corrected chi connectivity index (χ2v) is 28.3. The molecule has 0 spiro atoms. The highest BCUT2D eigenvalue weighted by Crippen LogP contribution is 2.76. The number of hydrogen-bond acceptors (Lipinski definition) is 25. The van der Waals surface area contributed by atoms with Gasteiger partial charge in [0.1, 0.15) is 97.7 Å². The number of carboxylic acids is 1. The minimum atomic E-state index is -2.29. The molecule has 4 aliphatic heterocycles. The number of carbonyl (C=O) groups is 2. The van der Waals surface area contributed by atoms with Crippen molar-refractivity contribution >= 4 is 11.9 Å². The fourth-order valence-electron chi connectivity index (χ4n) is 17.4. The molecule has 32 unspecified atom stereocenters. The monoisotopic (exact) mass is 1220 g/mol. The Balaban J connectivity index is 1.07. The number of rotatable bonds is 15. The highest BCUT2D eigenvalue weighted by Gasteiger charge is 2.75. The molecule has 0 aromatic rings. The van der Waals surface area contributed by atoms with Gasteiger partial charge in [-0.05, 0) is 97.7 Å². The van der Waals surface area contributed by atoms with Crippen molar-refractivity contribution in [2.24, 2.45) is 56.2 Å². The Morgan fingerprint density at radius 1 is 0.635 bits per heavy atom. The molecule has 0 bridgehead atoms. The van der Waals surface area contributed by atoms with Gasteiger partial charge in [0.15, 0.2) is 31.3 Å². The van der Waals surface area contributed by atoms with Gasteiger partial charge in [0.25, 0.3) is 0 Å². The molecule has 8 fully saturated rings. The van der Waals surface area contributed by atoms with Crippen molar-refractivity contribution in [2.75, 3.05) is 19.8 Å². The first-order chi connectivity index (χ1) is 39.7. The maximum absolute atomic E-state index is 13.9. The quantitative estimate of drug-likeness (QED) is 0.0482. The van der Waals surface area contributed by atoms with E-state index in [0.29, 0.717) is 44.9 Å². The third-order valence-corrected chi connectivity index (χ3v) is 22.8. The van der Waals surface area contributed by atoms with Crippen LogP contribution in [-0.2, 0) is 52.2 Å². The molecular formula is C59H96O26. The highest BCUT2D eigenvalue weighted by molar-refractivity contribution is 5.73. The molecule has 4 saturated heterocycles. The number of aliphatic hydroxyl groups is 14. The zero-order valence-corrected chi connectivity index (χ0v) is 50.2. The number of carboxylic acid groups (broad SMARTS) is 1. The zero-order valence-electron chi connectivity index (χ0n) is 50.2. The van der Waals surface area contributed by atoms with E-state index in [-0.39, 0.29) is 23.7 Å². The van der Waals surface area contributed by atoms with Crippen molar-refractivity contribution in [1.29, 1.82) is 0 Å². The summed E-state index contributed by atoms with van der Waals surface area (Å²) < 4.78 is 55.5. The van der Waals surface area contributed by atoms with E-state index in [9.17, 15) is 86.2 Å². The maximum Gasteiger partial charge on any atom is 0.335 e. The molecule has 9 rings (SSSR count). The molecule has 0 radical (unpaired) electrons. The van der Waals surface area contributed by atoms with E-state index in [1.165, 1.54) is 6.92 Å². The van der Waals surface area contributed by atoms with Crippen LogP contribution in [0.25, 0.3) is 0 Å². The minimum absolute atomic E-state index is 0.132. The summed E-state index contributed by atoms with van der Waals surface area (Å²) in [7, 11) is 0. The SMILES string of the molecule is CCC(C)C(=O)OC1C(O)C2(C)C(=CCC3C4(C)CCC(OC5OC(C(=O)O)C(O)C(OC6OC(CO)C(O)C(O)C6OC6OC(C)C(O)C(O)C6O)C5OC5OC(CO)C(O)C(O)C5O)C(C)(C)C4CCC32C)C2CC(C)(C)CC(O)C21CO. The van der Waals surface area contributed by atoms with Gasteiger partial charge < -0.3 is 119 Å². The van der Waals surface area contributed by atoms with Crippen molar-refractivity contribution in [1.82, 2.24) is 0 Å². The van der Waals surface area contributed by atoms with Crippen molar-refractivity contribution < 1.29 is 129 Å². The van der Waals surface area contributed by atoms with Gasteiger partial charge in [-0.3, -0.25) is 4.79 Å². The Morgan fingerprint density at radius 2 is 1.20 bits per heavy atom. The Labute approximate surface area is 494 Å². The molecule has 26 nitrogen and oxygen atoms in total.